The van der Waals surface area contributed by atoms with Crippen LogP contribution in [0.25, 0.3) is 0 Å². The van der Waals surface area contributed by atoms with Crippen molar-refractivity contribution in [2.75, 3.05) is 7.05 Å². The topological polar surface area (TPSA) is 20.3 Å². The number of hydrogen-bond donors (Lipinski definition) is 0. The van der Waals surface area contributed by atoms with Crippen molar-refractivity contribution in [2.24, 2.45) is 5.41 Å². The molecular weight excluding hydrogens is 222 g/mol. The van der Waals surface area contributed by atoms with Crippen molar-refractivity contribution in [1.82, 2.24) is 4.90 Å². The maximum Gasteiger partial charge on any atom is 0.228 e. The van der Waals surface area contributed by atoms with Gasteiger partial charge >= 0.3 is 0 Å². The molecule has 2 nitrogen and oxygen atoms in total. The highest BCUT2D eigenvalue weighted by Gasteiger charge is 2.51. The fraction of sp³-hybridized carbons (Fsp3) is 0.562. The summed E-state index contributed by atoms with van der Waals surface area (Å²) in [6.45, 7) is 6.15. The van der Waals surface area contributed by atoms with Gasteiger partial charge < -0.3 is 4.90 Å². The zero-order valence-corrected chi connectivity index (χ0v) is 11.9. The summed E-state index contributed by atoms with van der Waals surface area (Å²) in [6, 6.07) is 10.4. The van der Waals surface area contributed by atoms with Crippen LogP contribution in [0.5, 0.6) is 0 Å². The fourth-order valence-corrected chi connectivity index (χ4v) is 2.48. The summed E-state index contributed by atoms with van der Waals surface area (Å²) in [5.41, 5.74) is 0.969. The third-order valence-corrected chi connectivity index (χ3v) is 4.44. The minimum absolute atomic E-state index is 0.0369. The molecule has 1 saturated carbocycles. The Morgan fingerprint density at radius 1 is 1.28 bits per heavy atom. The van der Waals surface area contributed by atoms with E-state index in [2.05, 4.69) is 31.2 Å². The van der Waals surface area contributed by atoms with Crippen molar-refractivity contribution in [3.8, 4) is 0 Å². The quantitative estimate of drug-likeness (QED) is 0.794. The normalized spacial score (nSPS) is 17.3. The first-order valence-corrected chi connectivity index (χ1v) is 6.78. The second-order valence-corrected chi connectivity index (χ2v) is 6.00. The van der Waals surface area contributed by atoms with Crippen LogP contribution in [0.2, 0.25) is 0 Å². The van der Waals surface area contributed by atoms with Crippen molar-refractivity contribution in [1.29, 1.82) is 0 Å². The molecule has 98 valence electrons. The number of carbonyl (C=O) groups excluding carboxylic acids is 1. The van der Waals surface area contributed by atoms with Crippen molar-refractivity contribution in [3.05, 3.63) is 35.9 Å². The van der Waals surface area contributed by atoms with Crippen LogP contribution in [0.3, 0.4) is 0 Å². The summed E-state index contributed by atoms with van der Waals surface area (Å²) >= 11 is 0. The Morgan fingerprint density at radius 3 is 2.28 bits per heavy atom. The smallest absolute Gasteiger partial charge is 0.228 e. The van der Waals surface area contributed by atoms with Crippen molar-refractivity contribution in [3.63, 3.8) is 0 Å². The molecule has 0 saturated heterocycles. The number of nitrogens with zero attached hydrogens (tertiary/aromatic N) is 1. The van der Waals surface area contributed by atoms with E-state index in [9.17, 15) is 4.79 Å². The number of carbonyl (C=O) groups is 1. The summed E-state index contributed by atoms with van der Waals surface area (Å²) in [5, 5.41) is 0. The van der Waals surface area contributed by atoms with Crippen molar-refractivity contribution in [2.45, 2.75) is 45.6 Å². The third kappa shape index (κ3) is 2.05. The maximum absolute atomic E-state index is 12.6. The fourth-order valence-electron chi connectivity index (χ4n) is 2.48. The Kier molecular flexibility index (Phi) is 3.22. The van der Waals surface area contributed by atoms with Crippen LogP contribution in [0, 0.1) is 5.41 Å². The van der Waals surface area contributed by atoms with Gasteiger partial charge in [0.15, 0.2) is 0 Å². The SMILES string of the molecule is CCC(C)(C)C(=O)N(C)C1(c2ccccc2)CC1. The van der Waals surface area contributed by atoms with Crippen LogP contribution in [0.1, 0.15) is 45.6 Å². The lowest BCUT2D eigenvalue weighted by atomic mass is 9.87. The molecule has 2 heteroatoms. The Bertz CT molecular complexity index is 432. The van der Waals surface area contributed by atoms with Gasteiger partial charge in [-0.1, -0.05) is 51.1 Å². The van der Waals surface area contributed by atoms with Gasteiger partial charge in [-0.2, -0.15) is 0 Å². The van der Waals surface area contributed by atoms with E-state index in [0.29, 0.717) is 0 Å². The highest BCUT2D eigenvalue weighted by atomic mass is 16.2. The lowest BCUT2D eigenvalue weighted by Gasteiger charge is -2.35. The number of hydrogen-bond acceptors (Lipinski definition) is 1. The Morgan fingerprint density at radius 2 is 1.83 bits per heavy atom. The van der Waals surface area contributed by atoms with Gasteiger partial charge in [0, 0.05) is 12.5 Å². The maximum atomic E-state index is 12.6. The zero-order valence-electron chi connectivity index (χ0n) is 11.9. The van der Waals surface area contributed by atoms with Gasteiger partial charge in [-0.3, -0.25) is 4.79 Å². The highest BCUT2D eigenvalue weighted by molar-refractivity contribution is 5.83. The number of amides is 1. The molecule has 1 fully saturated rings. The molecule has 0 N–H and O–H groups in total. The Labute approximate surface area is 110 Å². The lowest BCUT2D eigenvalue weighted by Crippen LogP contribution is -2.44. The lowest BCUT2D eigenvalue weighted by molar-refractivity contribution is -0.142. The number of benzene rings is 1. The standard InChI is InChI=1S/C16H23NO/c1-5-15(2,3)14(18)17(4)16(11-12-16)13-9-7-6-8-10-13/h6-10H,5,11-12H2,1-4H3. The predicted octanol–water partition coefficient (Wildman–Crippen LogP) is 3.57. The van der Waals surface area contributed by atoms with Gasteiger partial charge in [-0.25, -0.2) is 0 Å². The van der Waals surface area contributed by atoms with Crippen LogP contribution >= 0.6 is 0 Å². The summed E-state index contributed by atoms with van der Waals surface area (Å²) in [4.78, 5) is 14.6. The molecule has 2 rings (SSSR count). The average Bonchev–Trinajstić information content (AvgIpc) is 3.19. The molecule has 0 spiro atoms. The third-order valence-electron chi connectivity index (χ3n) is 4.44. The van der Waals surface area contributed by atoms with E-state index in [1.54, 1.807) is 0 Å². The first-order valence-electron chi connectivity index (χ1n) is 6.78. The van der Waals surface area contributed by atoms with E-state index in [0.717, 1.165) is 19.3 Å². The van der Waals surface area contributed by atoms with Crippen LogP contribution in [-0.4, -0.2) is 17.9 Å². The molecule has 0 aliphatic heterocycles. The number of rotatable bonds is 4. The van der Waals surface area contributed by atoms with E-state index < -0.39 is 0 Å². The minimum Gasteiger partial charge on any atom is -0.336 e. The van der Waals surface area contributed by atoms with Gasteiger partial charge in [-0.15, -0.1) is 0 Å². The Hall–Kier alpha value is -1.31. The second kappa shape index (κ2) is 4.42. The molecule has 1 aromatic rings. The summed E-state index contributed by atoms with van der Waals surface area (Å²) in [7, 11) is 1.96. The first-order chi connectivity index (χ1) is 8.44. The van der Waals surface area contributed by atoms with E-state index in [-0.39, 0.29) is 16.9 Å². The van der Waals surface area contributed by atoms with Crippen LogP contribution in [-0.2, 0) is 10.3 Å². The zero-order chi connectivity index (χ0) is 13.4. The summed E-state index contributed by atoms with van der Waals surface area (Å²) < 4.78 is 0. The minimum atomic E-state index is -0.265. The molecule has 0 unspecified atom stereocenters. The van der Waals surface area contributed by atoms with Gasteiger partial charge in [0.25, 0.3) is 0 Å². The summed E-state index contributed by atoms with van der Waals surface area (Å²) in [6.07, 6.45) is 3.04. The molecule has 1 aliphatic carbocycles. The van der Waals surface area contributed by atoms with Crippen LogP contribution in [0.15, 0.2) is 30.3 Å². The van der Waals surface area contributed by atoms with E-state index in [4.69, 9.17) is 0 Å². The van der Waals surface area contributed by atoms with Gasteiger partial charge in [0.05, 0.1) is 5.54 Å². The Balaban J connectivity index is 2.25. The molecule has 0 bridgehead atoms. The van der Waals surface area contributed by atoms with Crippen LogP contribution < -0.4 is 0 Å². The average molecular weight is 245 g/mol. The molecule has 1 amide bonds. The van der Waals surface area contributed by atoms with E-state index in [1.165, 1.54) is 5.56 Å². The van der Waals surface area contributed by atoms with E-state index >= 15 is 0 Å². The molecule has 0 aromatic heterocycles. The van der Waals surface area contributed by atoms with Crippen LogP contribution in [0.4, 0.5) is 0 Å². The van der Waals surface area contributed by atoms with Gasteiger partial charge in [-0.05, 0) is 24.8 Å². The highest BCUT2D eigenvalue weighted by Crippen LogP contribution is 2.51. The molecule has 0 atom stereocenters. The molecule has 0 radical (unpaired) electrons. The second-order valence-electron chi connectivity index (χ2n) is 6.00. The monoisotopic (exact) mass is 245 g/mol. The molecule has 1 aliphatic rings. The first kappa shape index (κ1) is 13.1. The largest absolute Gasteiger partial charge is 0.336 e. The van der Waals surface area contributed by atoms with Crippen molar-refractivity contribution >= 4 is 5.91 Å². The molecule has 0 heterocycles. The van der Waals surface area contributed by atoms with E-state index in [1.807, 2.05) is 31.9 Å². The van der Waals surface area contributed by atoms with Crippen molar-refractivity contribution < 1.29 is 4.79 Å². The molecular formula is C16H23NO. The molecule has 1 aromatic carbocycles. The molecule has 18 heavy (non-hydrogen) atoms. The van der Waals surface area contributed by atoms with Gasteiger partial charge in [0.2, 0.25) is 5.91 Å². The summed E-state index contributed by atoms with van der Waals surface area (Å²) in [5.74, 6) is 0.256. The predicted molar refractivity (Wildman–Crippen MR) is 74.2 cm³/mol. The van der Waals surface area contributed by atoms with Gasteiger partial charge in [0.1, 0.15) is 0 Å².